The first kappa shape index (κ1) is 17.2. The molecule has 0 aromatic heterocycles. The lowest BCUT2D eigenvalue weighted by Gasteiger charge is -2.42. The Morgan fingerprint density at radius 1 is 0.875 bits per heavy atom. The molecule has 2 N–H and O–H groups in total. The molecular formula is C21H28N2O. The van der Waals surface area contributed by atoms with Crippen molar-refractivity contribution in [3.05, 3.63) is 71.8 Å². The summed E-state index contributed by atoms with van der Waals surface area (Å²) < 4.78 is 0. The molecule has 0 unspecified atom stereocenters. The zero-order valence-corrected chi connectivity index (χ0v) is 14.3. The Hall–Kier alpha value is -1.68. The molecule has 2 aromatic carbocycles. The van der Waals surface area contributed by atoms with Gasteiger partial charge in [0.15, 0.2) is 0 Å². The second kappa shape index (κ2) is 8.43. The molecular weight excluding hydrogens is 296 g/mol. The molecule has 3 rings (SSSR count). The van der Waals surface area contributed by atoms with Gasteiger partial charge >= 0.3 is 0 Å². The van der Waals surface area contributed by atoms with Crippen LogP contribution in [0.3, 0.4) is 0 Å². The molecule has 0 amide bonds. The molecule has 128 valence electrons. The van der Waals surface area contributed by atoms with E-state index in [1.54, 1.807) is 0 Å². The van der Waals surface area contributed by atoms with Crippen LogP contribution in [0.15, 0.2) is 60.7 Å². The summed E-state index contributed by atoms with van der Waals surface area (Å²) >= 11 is 0. The fraction of sp³-hybridized carbons (Fsp3) is 0.429. The largest absolute Gasteiger partial charge is 0.396 e. The van der Waals surface area contributed by atoms with Gasteiger partial charge < -0.3 is 10.4 Å². The Balaban J connectivity index is 1.55. The number of nitrogens with zero attached hydrogens (tertiary/aromatic N) is 1. The number of hydrogen-bond donors (Lipinski definition) is 2. The van der Waals surface area contributed by atoms with Gasteiger partial charge in [0, 0.05) is 38.3 Å². The second-order valence-corrected chi connectivity index (χ2v) is 6.85. The van der Waals surface area contributed by atoms with E-state index in [1.807, 2.05) is 0 Å². The summed E-state index contributed by atoms with van der Waals surface area (Å²) in [6.07, 6.45) is 3.01. The van der Waals surface area contributed by atoms with Crippen LogP contribution < -0.4 is 5.32 Å². The zero-order chi connectivity index (χ0) is 16.7. The summed E-state index contributed by atoms with van der Waals surface area (Å²) in [6, 6.07) is 21.2. The highest BCUT2D eigenvalue weighted by atomic mass is 16.3. The van der Waals surface area contributed by atoms with Gasteiger partial charge in [-0.2, -0.15) is 0 Å². The van der Waals surface area contributed by atoms with E-state index >= 15 is 0 Å². The van der Waals surface area contributed by atoms with Crippen molar-refractivity contribution in [2.45, 2.75) is 37.9 Å². The molecule has 0 saturated carbocycles. The van der Waals surface area contributed by atoms with Gasteiger partial charge in [0.25, 0.3) is 0 Å². The molecule has 2 aromatic rings. The summed E-state index contributed by atoms with van der Waals surface area (Å²) in [5.41, 5.74) is 2.75. The van der Waals surface area contributed by atoms with Crippen molar-refractivity contribution in [1.82, 2.24) is 10.2 Å². The molecule has 0 radical (unpaired) electrons. The van der Waals surface area contributed by atoms with Gasteiger partial charge in [0.1, 0.15) is 0 Å². The van der Waals surface area contributed by atoms with Gasteiger partial charge in [-0.25, -0.2) is 0 Å². The minimum Gasteiger partial charge on any atom is -0.396 e. The topological polar surface area (TPSA) is 35.5 Å². The number of hydrogen-bond acceptors (Lipinski definition) is 3. The van der Waals surface area contributed by atoms with Crippen LogP contribution in [0.4, 0.5) is 0 Å². The Labute approximate surface area is 145 Å². The summed E-state index contributed by atoms with van der Waals surface area (Å²) in [7, 11) is 0. The van der Waals surface area contributed by atoms with Crippen molar-refractivity contribution < 1.29 is 5.11 Å². The van der Waals surface area contributed by atoms with Crippen molar-refractivity contribution in [2.75, 3.05) is 19.7 Å². The maximum Gasteiger partial charge on any atom is 0.0448 e. The third-order valence-corrected chi connectivity index (χ3v) is 5.16. The van der Waals surface area contributed by atoms with Crippen LogP contribution in [0, 0.1) is 0 Å². The third kappa shape index (κ3) is 4.67. The minimum absolute atomic E-state index is 0.0672. The van der Waals surface area contributed by atoms with Crippen LogP contribution in [0.25, 0.3) is 0 Å². The summed E-state index contributed by atoms with van der Waals surface area (Å²) in [5, 5.41) is 13.3. The van der Waals surface area contributed by atoms with E-state index in [0.29, 0.717) is 0 Å². The Morgan fingerprint density at radius 2 is 1.46 bits per heavy atom. The predicted octanol–water partition coefficient (Wildman–Crippen LogP) is 3.19. The molecule has 0 spiro atoms. The Kier molecular flexibility index (Phi) is 6.02. The number of nitrogens with one attached hydrogen (secondary N) is 1. The average molecular weight is 324 g/mol. The first-order chi connectivity index (χ1) is 11.8. The first-order valence-corrected chi connectivity index (χ1v) is 8.96. The molecule has 0 bridgehead atoms. The van der Waals surface area contributed by atoms with Crippen molar-refractivity contribution in [3.63, 3.8) is 0 Å². The molecule has 0 aliphatic carbocycles. The van der Waals surface area contributed by atoms with Crippen LogP contribution in [0.1, 0.15) is 30.4 Å². The normalized spacial score (nSPS) is 17.7. The number of piperidine rings is 1. The number of benzene rings is 2. The monoisotopic (exact) mass is 324 g/mol. The maximum absolute atomic E-state index is 9.53. The lowest BCUT2D eigenvalue weighted by atomic mass is 9.84. The fourth-order valence-electron chi connectivity index (χ4n) is 3.60. The number of likely N-dealkylation sites (tertiary alicyclic amines) is 1. The minimum atomic E-state index is 0.0672. The highest BCUT2D eigenvalue weighted by molar-refractivity contribution is 5.16. The van der Waals surface area contributed by atoms with Crippen LogP contribution in [0.2, 0.25) is 0 Å². The number of aliphatic hydroxyl groups excluding tert-OH is 1. The quantitative estimate of drug-likeness (QED) is 0.821. The first-order valence-electron chi connectivity index (χ1n) is 8.96. The molecule has 1 fully saturated rings. The van der Waals surface area contributed by atoms with E-state index in [0.717, 1.165) is 45.4 Å². The molecule has 24 heavy (non-hydrogen) atoms. The lowest BCUT2D eigenvalue weighted by Crippen LogP contribution is -2.53. The Bertz CT molecular complexity index is 592. The third-order valence-electron chi connectivity index (χ3n) is 5.16. The highest BCUT2D eigenvalue weighted by Gasteiger charge is 2.33. The summed E-state index contributed by atoms with van der Waals surface area (Å²) in [6.45, 7) is 4.31. The van der Waals surface area contributed by atoms with Gasteiger partial charge in [-0.1, -0.05) is 60.7 Å². The second-order valence-electron chi connectivity index (χ2n) is 6.85. The van der Waals surface area contributed by atoms with E-state index in [1.165, 1.54) is 11.1 Å². The van der Waals surface area contributed by atoms with Crippen LogP contribution in [-0.2, 0) is 13.1 Å². The van der Waals surface area contributed by atoms with Crippen LogP contribution >= 0.6 is 0 Å². The standard InChI is InChI=1S/C21H28N2O/c24-16-13-21(22-17-19-7-3-1-4-8-19)11-14-23(15-12-21)18-20-9-5-2-6-10-20/h1-10,22,24H,11-18H2. The van der Waals surface area contributed by atoms with Crippen LogP contribution in [-0.4, -0.2) is 35.2 Å². The zero-order valence-electron chi connectivity index (χ0n) is 14.3. The van der Waals surface area contributed by atoms with Gasteiger partial charge in [0.05, 0.1) is 0 Å². The molecule has 1 aliphatic rings. The molecule has 1 saturated heterocycles. The van der Waals surface area contributed by atoms with Gasteiger partial charge in [-0.3, -0.25) is 4.90 Å². The molecule has 0 atom stereocenters. The molecule has 3 nitrogen and oxygen atoms in total. The summed E-state index contributed by atoms with van der Waals surface area (Å²) in [4.78, 5) is 2.52. The molecule has 1 aliphatic heterocycles. The maximum atomic E-state index is 9.53. The number of rotatable bonds is 7. The van der Waals surface area contributed by atoms with E-state index in [4.69, 9.17) is 0 Å². The lowest BCUT2D eigenvalue weighted by molar-refractivity contribution is 0.103. The van der Waals surface area contributed by atoms with E-state index in [9.17, 15) is 5.11 Å². The number of aliphatic hydroxyl groups is 1. The smallest absolute Gasteiger partial charge is 0.0448 e. The predicted molar refractivity (Wildman–Crippen MR) is 98.7 cm³/mol. The fourth-order valence-corrected chi connectivity index (χ4v) is 3.60. The van der Waals surface area contributed by atoms with Gasteiger partial charge in [-0.05, 0) is 30.4 Å². The van der Waals surface area contributed by atoms with Crippen LogP contribution in [0.5, 0.6) is 0 Å². The van der Waals surface area contributed by atoms with Crippen molar-refractivity contribution in [3.8, 4) is 0 Å². The van der Waals surface area contributed by atoms with E-state index in [2.05, 4.69) is 70.9 Å². The average Bonchev–Trinajstić information content (AvgIpc) is 2.64. The highest BCUT2D eigenvalue weighted by Crippen LogP contribution is 2.27. The van der Waals surface area contributed by atoms with Gasteiger partial charge in [-0.15, -0.1) is 0 Å². The Morgan fingerprint density at radius 3 is 2.04 bits per heavy atom. The van der Waals surface area contributed by atoms with Gasteiger partial charge in [0.2, 0.25) is 0 Å². The van der Waals surface area contributed by atoms with Crippen molar-refractivity contribution in [2.24, 2.45) is 0 Å². The summed E-state index contributed by atoms with van der Waals surface area (Å²) in [5.74, 6) is 0. The van der Waals surface area contributed by atoms with Crippen molar-refractivity contribution in [1.29, 1.82) is 0 Å². The van der Waals surface area contributed by atoms with E-state index in [-0.39, 0.29) is 12.1 Å². The SMILES string of the molecule is OCCC1(NCc2ccccc2)CCN(Cc2ccccc2)CC1. The van der Waals surface area contributed by atoms with E-state index < -0.39 is 0 Å². The molecule has 1 heterocycles. The molecule has 3 heteroatoms. The van der Waals surface area contributed by atoms with Crippen molar-refractivity contribution >= 4 is 0 Å².